The summed E-state index contributed by atoms with van der Waals surface area (Å²) in [5.41, 5.74) is -0.0300. The Hall–Kier alpha value is -1.89. The molecule has 0 aliphatic rings. The van der Waals surface area contributed by atoms with Crippen LogP contribution in [0.2, 0.25) is 0 Å². The Kier molecular flexibility index (Phi) is 3.33. The van der Waals surface area contributed by atoms with Crippen molar-refractivity contribution in [2.75, 3.05) is 0 Å². The molecule has 2 aromatic rings. The minimum Gasteiger partial charge on any atom is -0.387 e. The molecule has 0 spiro atoms. The Morgan fingerprint density at radius 3 is 2.56 bits per heavy atom. The largest absolute Gasteiger partial charge is 0.387 e. The van der Waals surface area contributed by atoms with Gasteiger partial charge in [-0.05, 0) is 6.42 Å². The summed E-state index contributed by atoms with van der Waals surface area (Å²) in [7, 11) is 0. The molecule has 0 radical (unpaired) electrons. The Morgan fingerprint density at radius 1 is 1.22 bits per heavy atom. The molecular weight excluding hydrogens is 247 g/mol. The zero-order valence-corrected chi connectivity index (χ0v) is 9.44. The van der Waals surface area contributed by atoms with Crippen molar-refractivity contribution in [3.05, 3.63) is 41.5 Å². The lowest BCUT2D eigenvalue weighted by Gasteiger charge is -2.03. The summed E-state index contributed by atoms with van der Waals surface area (Å²) in [6, 6.07) is 1.11. The predicted molar refractivity (Wildman–Crippen MR) is 56.5 cm³/mol. The van der Waals surface area contributed by atoms with Gasteiger partial charge < -0.3 is 5.11 Å². The molecular formula is C11H10F3N3O. The third kappa shape index (κ3) is 2.21. The summed E-state index contributed by atoms with van der Waals surface area (Å²) in [6.07, 6.45) is 0.857. The molecule has 1 heterocycles. The second-order valence-electron chi connectivity index (χ2n) is 3.73. The molecule has 1 unspecified atom stereocenters. The number of rotatable bonds is 3. The van der Waals surface area contributed by atoms with E-state index >= 15 is 0 Å². The van der Waals surface area contributed by atoms with Crippen LogP contribution in [0.5, 0.6) is 0 Å². The van der Waals surface area contributed by atoms with Gasteiger partial charge in [0.15, 0.2) is 17.5 Å². The van der Waals surface area contributed by atoms with Gasteiger partial charge >= 0.3 is 0 Å². The second-order valence-corrected chi connectivity index (χ2v) is 3.73. The summed E-state index contributed by atoms with van der Waals surface area (Å²) in [5, 5.41) is 16.7. The Balaban J connectivity index is 2.43. The maximum Gasteiger partial charge on any atom is 0.161 e. The van der Waals surface area contributed by atoms with Crippen molar-refractivity contribution < 1.29 is 18.3 Å². The van der Waals surface area contributed by atoms with Crippen LogP contribution in [-0.4, -0.2) is 20.1 Å². The highest BCUT2D eigenvalue weighted by Crippen LogP contribution is 2.19. The van der Waals surface area contributed by atoms with Gasteiger partial charge in [-0.1, -0.05) is 12.1 Å². The fourth-order valence-corrected chi connectivity index (χ4v) is 1.44. The first kappa shape index (κ1) is 12.6. The van der Waals surface area contributed by atoms with Crippen molar-refractivity contribution in [3.8, 4) is 5.69 Å². The Labute approximate surface area is 101 Å². The van der Waals surface area contributed by atoms with Gasteiger partial charge in [0.2, 0.25) is 0 Å². The molecule has 2 rings (SSSR count). The standard InChI is InChI=1S/C11H10F3N3O/c1-2-11(18)9-5-17(16-15-9)10-4-7(13)6(12)3-8(10)14/h3-5,11,18H,2H2,1H3. The van der Waals surface area contributed by atoms with E-state index in [-0.39, 0.29) is 11.4 Å². The van der Waals surface area contributed by atoms with E-state index in [0.29, 0.717) is 18.6 Å². The number of hydrogen-bond donors (Lipinski definition) is 1. The summed E-state index contributed by atoms with van der Waals surface area (Å²) in [5.74, 6) is -3.42. The van der Waals surface area contributed by atoms with E-state index in [2.05, 4.69) is 10.3 Å². The molecule has 0 aliphatic heterocycles. The van der Waals surface area contributed by atoms with Gasteiger partial charge in [-0.3, -0.25) is 0 Å². The molecule has 7 heteroatoms. The van der Waals surface area contributed by atoms with Crippen LogP contribution in [0.25, 0.3) is 5.69 Å². The normalized spacial score (nSPS) is 12.7. The summed E-state index contributed by atoms with van der Waals surface area (Å²) >= 11 is 0. The van der Waals surface area contributed by atoms with Crippen molar-refractivity contribution >= 4 is 0 Å². The van der Waals surface area contributed by atoms with Crippen LogP contribution in [-0.2, 0) is 0 Å². The minimum atomic E-state index is -1.27. The molecule has 1 aromatic carbocycles. The van der Waals surface area contributed by atoms with Crippen LogP contribution in [0, 0.1) is 17.5 Å². The molecule has 96 valence electrons. The molecule has 1 N–H and O–H groups in total. The van der Waals surface area contributed by atoms with Gasteiger partial charge in [-0.25, -0.2) is 17.9 Å². The second kappa shape index (κ2) is 4.77. The van der Waals surface area contributed by atoms with Gasteiger partial charge in [0, 0.05) is 12.1 Å². The topological polar surface area (TPSA) is 50.9 Å². The number of halogens is 3. The number of aliphatic hydroxyl groups is 1. The van der Waals surface area contributed by atoms with E-state index in [0.717, 1.165) is 4.68 Å². The number of hydrogen-bond acceptors (Lipinski definition) is 3. The van der Waals surface area contributed by atoms with E-state index in [1.165, 1.54) is 6.20 Å². The highest BCUT2D eigenvalue weighted by atomic mass is 19.2. The number of aromatic nitrogens is 3. The van der Waals surface area contributed by atoms with Crippen LogP contribution in [0.15, 0.2) is 18.3 Å². The molecule has 0 bridgehead atoms. The van der Waals surface area contributed by atoms with Gasteiger partial charge in [0.25, 0.3) is 0 Å². The third-order valence-electron chi connectivity index (χ3n) is 2.48. The molecule has 1 atom stereocenters. The van der Waals surface area contributed by atoms with Crippen LogP contribution in [0.4, 0.5) is 13.2 Å². The average Bonchev–Trinajstić information content (AvgIpc) is 2.82. The lowest BCUT2D eigenvalue weighted by molar-refractivity contribution is 0.169. The quantitative estimate of drug-likeness (QED) is 0.857. The number of benzene rings is 1. The summed E-state index contributed by atoms with van der Waals surface area (Å²) < 4.78 is 40.2. The summed E-state index contributed by atoms with van der Waals surface area (Å²) in [4.78, 5) is 0. The van der Waals surface area contributed by atoms with E-state index in [1.54, 1.807) is 6.92 Å². The Morgan fingerprint density at radius 2 is 1.89 bits per heavy atom. The maximum atomic E-state index is 13.5. The molecule has 4 nitrogen and oxygen atoms in total. The average molecular weight is 257 g/mol. The number of aliphatic hydroxyl groups excluding tert-OH is 1. The fraction of sp³-hybridized carbons (Fsp3) is 0.273. The Bertz CT molecular complexity index is 571. The van der Waals surface area contributed by atoms with Crippen LogP contribution < -0.4 is 0 Å². The van der Waals surface area contributed by atoms with Crippen molar-refractivity contribution in [2.45, 2.75) is 19.4 Å². The van der Waals surface area contributed by atoms with E-state index in [1.807, 2.05) is 0 Å². The monoisotopic (exact) mass is 257 g/mol. The van der Waals surface area contributed by atoms with Crippen LogP contribution in [0.1, 0.15) is 25.1 Å². The minimum absolute atomic E-state index is 0.238. The predicted octanol–water partition coefficient (Wildman–Crippen LogP) is 2.13. The molecule has 18 heavy (non-hydrogen) atoms. The molecule has 1 aromatic heterocycles. The lowest BCUT2D eigenvalue weighted by Crippen LogP contribution is -2.01. The molecule has 0 saturated heterocycles. The highest BCUT2D eigenvalue weighted by molar-refractivity contribution is 5.33. The highest BCUT2D eigenvalue weighted by Gasteiger charge is 2.15. The van der Waals surface area contributed by atoms with Crippen molar-refractivity contribution in [2.24, 2.45) is 0 Å². The molecule has 0 aliphatic carbocycles. The first-order chi connectivity index (χ1) is 8.52. The van der Waals surface area contributed by atoms with Crippen LogP contribution >= 0.6 is 0 Å². The van der Waals surface area contributed by atoms with Gasteiger partial charge in [-0.15, -0.1) is 5.10 Å². The van der Waals surface area contributed by atoms with Crippen LogP contribution in [0.3, 0.4) is 0 Å². The molecule has 0 amide bonds. The van der Waals surface area contributed by atoms with E-state index < -0.39 is 23.6 Å². The lowest BCUT2D eigenvalue weighted by atomic mass is 10.2. The number of nitrogens with zero attached hydrogens (tertiary/aromatic N) is 3. The van der Waals surface area contributed by atoms with Crippen molar-refractivity contribution in [1.29, 1.82) is 0 Å². The maximum absolute atomic E-state index is 13.5. The van der Waals surface area contributed by atoms with E-state index in [4.69, 9.17) is 0 Å². The fourth-order valence-electron chi connectivity index (χ4n) is 1.44. The van der Waals surface area contributed by atoms with Gasteiger partial charge in [0.05, 0.1) is 12.3 Å². The third-order valence-corrected chi connectivity index (χ3v) is 2.48. The zero-order valence-electron chi connectivity index (χ0n) is 9.44. The molecule has 0 fully saturated rings. The smallest absolute Gasteiger partial charge is 0.161 e. The van der Waals surface area contributed by atoms with Gasteiger partial charge in [-0.2, -0.15) is 0 Å². The van der Waals surface area contributed by atoms with E-state index in [9.17, 15) is 18.3 Å². The van der Waals surface area contributed by atoms with Crippen molar-refractivity contribution in [1.82, 2.24) is 15.0 Å². The van der Waals surface area contributed by atoms with Gasteiger partial charge in [0.1, 0.15) is 11.4 Å². The zero-order chi connectivity index (χ0) is 13.3. The SMILES string of the molecule is CCC(O)c1cn(-c2cc(F)c(F)cc2F)nn1. The molecule has 0 saturated carbocycles. The van der Waals surface area contributed by atoms with Crippen molar-refractivity contribution in [3.63, 3.8) is 0 Å². The summed E-state index contributed by atoms with van der Waals surface area (Å²) in [6.45, 7) is 1.74. The first-order valence-corrected chi connectivity index (χ1v) is 5.28. The first-order valence-electron chi connectivity index (χ1n) is 5.28.